The van der Waals surface area contributed by atoms with Gasteiger partial charge in [-0.1, -0.05) is 11.6 Å². The van der Waals surface area contributed by atoms with Crippen LogP contribution in [0.15, 0.2) is 18.2 Å². The van der Waals surface area contributed by atoms with Crippen molar-refractivity contribution in [3.8, 4) is 0 Å². The van der Waals surface area contributed by atoms with Crippen molar-refractivity contribution in [3.05, 3.63) is 34.6 Å². The van der Waals surface area contributed by atoms with Crippen molar-refractivity contribution in [1.29, 1.82) is 0 Å². The Kier molecular flexibility index (Phi) is 2.98. The van der Waals surface area contributed by atoms with E-state index in [9.17, 15) is 4.39 Å². The molecule has 1 aliphatic carbocycles. The van der Waals surface area contributed by atoms with Crippen molar-refractivity contribution in [2.45, 2.75) is 38.3 Å². The fraction of sp³-hybridized carbons (Fsp3) is 0.500. The summed E-state index contributed by atoms with van der Waals surface area (Å²) in [6, 6.07) is 4.68. The summed E-state index contributed by atoms with van der Waals surface area (Å²) in [6.45, 7) is 2.74. The summed E-state index contributed by atoms with van der Waals surface area (Å²) in [6.07, 6.45) is 3.62. The number of hydrogen-bond acceptors (Lipinski definition) is 1. The fourth-order valence-electron chi connectivity index (χ4n) is 1.87. The Balaban J connectivity index is 2.01. The molecule has 0 radical (unpaired) electrons. The first kappa shape index (κ1) is 10.9. The zero-order valence-corrected chi connectivity index (χ0v) is 9.57. The summed E-state index contributed by atoms with van der Waals surface area (Å²) < 4.78 is 13.4. The summed E-state index contributed by atoms with van der Waals surface area (Å²) in [5.41, 5.74) is 0.852. The molecule has 0 heterocycles. The van der Waals surface area contributed by atoms with Crippen LogP contribution < -0.4 is 5.32 Å². The van der Waals surface area contributed by atoms with Crippen LogP contribution in [0.5, 0.6) is 0 Å². The quantitative estimate of drug-likeness (QED) is 0.833. The topological polar surface area (TPSA) is 12.0 Å². The Morgan fingerprint density at radius 3 is 2.80 bits per heavy atom. The van der Waals surface area contributed by atoms with E-state index in [2.05, 4.69) is 12.2 Å². The second-order valence-electron chi connectivity index (χ2n) is 4.50. The van der Waals surface area contributed by atoms with Crippen LogP contribution in [0.2, 0.25) is 5.02 Å². The Labute approximate surface area is 94.6 Å². The summed E-state index contributed by atoms with van der Waals surface area (Å²) in [4.78, 5) is 0. The normalized spacial score (nSPS) is 18.6. The third-order valence-electron chi connectivity index (χ3n) is 3.17. The monoisotopic (exact) mass is 227 g/mol. The molecule has 1 nitrogen and oxygen atoms in total. The van der Waals surface area contributed by atoms with E-state index in [1.54, 1.807) is 12.1 Å². The third-order valence-corrected chi connectivity index (χ3v) is 3.41. The lowest BCUT2D eigenvalue weighted by molar-refractivity contribution is 0.206. The molecule has 1 saturated carbocycles. The van der Waals surface area contributed by atoms with Gasteiger partial charge in [-0.05, 0) is 44.4 Å². The maximum absolute atomic E-state index is 13.4. The van der Waals surface area contributed by atoms with Gasteiger partial charge in [0.2, 0.25) is 0 Å². The molecule has 82 valence electrons. The van der Waals surface area contributed by atoms with Crippen molar-refractivity contribution in [3.63, 3.8) is 0 Å². The molecule has 0 atom stereocenters. The van der Waals surface area contributed by atoms with E-state index in [0.29, 0.717) is 17.1 Å². The first-order chi connectivity index (χ1) is 7.09. The number of rotatable bonds is 3. The Bertz CT molecular complexity index is 361. The van der Waals surface area contributed by atoms with E-state index in [1.165, 1.54) is 25.3 Å². The van der Waals surface area contributed by atoms with Crippen molar-refractivity contribution < 1.29 is 4.39 Å². The molecule has 1 aliphatic rings. The number of benzene rings is 1. The minimum absolute atomic E-state index is 0.185. The Morgan fingerprint density at radius 2 is 2.20 bits per heavy atom. The summed E-state index contributed by atoms with van der Waals surface area (Å²) >= 11 is 5.82. The molecule has 0 aromatic heterocycles. The molecular formula is C12H15ClFN. The van der Waals surface area contributed by atoms with E-state index >= 15 is 0 Å². The first-order valence-electron chi connectivity index (χ1n) is 5.28. The molecule has 0 unspecified atom stereocenters. The molecule has 0 spiro atoms. The standard InChI is InChI=1S/C12H15ClFN/c1-12(5-2-6-12)15-8-9-7-10(13)3-4-11(9)14/h3-4,7,15H,2,5-6,8H2,1H3. The maximum Gasteiger partial charge on any atom is 0.127 e. The molecule has 2 rings (SSSR count). The molecule has 3 heteroatoms. The lowest BCUT2D eigenvalue weighted by Gasteiger charge is -2.39. The highest BCUT2D eigenvalue weighted by atomic mass is 35.5. The molecule has 0 amide bonds. The van der Waals surface area contributed by atoms with Gasteiger partial charge < -0.3 is 5.32 Å². The van der Waals surface area contributed by atoms with Crippen molar-refractivity contribution in [1.82, 2.24) is 5.32 Å². The molecule has 15 heavy (non-hydrogen) atoms. The minimum atomic E-state index is -0.185. The minimum Gasteiger partial charge on any atom is -0.307 e. The number of halogens is 2. The van der Waals surface area contributed by atoms with E-state index in [4.69, 9.17) is 11.6 Å². The van der Waals surface area contributed by atoms with Crippen LogP contribution in [0.4, 0.5) is 4.39 Å². The van der Waals surface area contributed by atoms with E-state index in [-0.39, 0.29) is 11.4 Å². The van der Waals surface area contributed by atoms with E-state index in [0.717, 1.165) is 0 Å². The zero-order valence-electron chi connectivity index (χ0n) is 8.82. The van der Waals surface area contributed by atoms with Gasteiger partial charge in [0.05, 0.1) is 0 Å². The molecule has 1 aromatic carbocycles. The summed E-state index contributed by atoms with van der Waals surface area (Å²) in [7, 11) is 0. The number of hydrogen-bond donors (Lipinski definition) is 1. The zero-order chi connectivity index (χ0) is 10.9. The van der Waals surface area contributed by atoms with Gasteiger partial charge in [0.25, 0.3) is 0 Å². The fourth-order valence-corrected chi connectivity index (χ4v) is 2.07. The van der Waals surface area contributed by atoms with Crippen LogP contribution in [-0.4, -0.2) is 5.54 Å². The highest BCUT2D eigenvalue weighted by molar-refractivity contribution is 6.30. The van der Waals surface area contributed by atoms with E-state index < -0.39 is 0 Å². The van der Waals surface area contributed by atoms with Gasteiger partial charge >= 0.3 is 0 Å². The van der Waals surface area contributed by atoms with E-state index in [1.807, 2.05) is 0 Å². The average molecular weight is 228 g/mol. The Morgan fingerprint density at radius 1 is 1.47 bits per heavy atom. The smallest absolute Gasteiger partial charge is 0.127 e. The average Bonchev–Trinajstić information content (AvgIpc) is 2.17. The second kappa shape index (κ2) is 4.11. The van der Waals surface area contributed by atoms with Crippen LogP contribution in [-0.2, 0) is 6.54 Å². The highest BCUT2D eigenvalue weighted by Crippen LogP contribution is 2.31. The van der Waals surface area contributed by atoms with Crippen LogP contribution in [0.25, 0.3) is 0 Å². The van der Waals surface area contributed by atoms with Gasteiger partial charge in [0.1, 0.15) is 5.82 Å². The van der Waals surface area contributed by atoms with Crippen molar-refractivity contribution in [2.75, 3.05) is 0 Å². The lowest BCUT2D eigenvalue weighted by Crippen LogP contribution is -2.47. The van der Waals surface area contributed by atoms with Crippen LogP contribution in [0.3, 0.4) is 0 Å². The van der Waals surface area contributed by atoms with Crippen molar-refractivity contribution in [2.24, 2.45) is 0 Å². The van der Waals surface area contributed by atoms with Crippen LogP contribution in [0.1, 0.15) is 31.7 Å². The third kappa shape index (κ3) is 2.50. The SMILES string of the molecule is CC1(NCc2cc(Cl)ccc2F)CCC1. The predicted octanol–water partition coefficient (Wildman–Crippen LogP) is 3.51. The molecule has 1 aromatic rings. The molecular weight excluding hydrogens is 213 g/mol. The molecule has 0 aliphatic heterocycles. The van der Waals surface area contributed by atoms with Gasteiger partial charge in [-0.25, -0.2) is 4.39 Å². The molecule has 1 fully saturated rings. The summed E-state index contributed by atoms with van der Waals surface area (Å²) in [5, 5.41) is 3.97. The van der Waals surface area contributed by atoms with Gasteiger partial charge in [0.15, 0.2) is 0 Å². The lowest BCUT2D eigenvalue weighted by atomic mass is 9.78. The van der Waals surface area contributed by atoms with Gasteiger partial charge in [-0.2, -0.15) is 0 Å². The van der Waals surface area contributed by atoms with Crippen molar-refractivity contribution >= 4 is 11.6 Å². The Hall–Kier alpha value is -0.600. The highest BCUT2D eigenvalue weighted by Gasteiger charge is 2.30. The molecule has 0 bridgehead atoms. The predicted molar refractivity (Wildman–Crippen MR) is 60.5 cm³/mol. The van der Waals surface area contributed by atoms with Crippen LogP contribution in [0, 0.1) is 5.82 Å². The van der Waals surface area contributed by atoms with Gasteiger partial charge in [-0.15, -0.1) is 0 Å². The largest absolute Gasteiger partial charge is 0.307 e. The molecule has 0 saturated heterocycles. The molecule has 1 N–H and O–H groups in total. The van der Waals surface area contributed by atoms with Gasteiger partial charge in [-0.3, -0.25) is 0 Å². The summed E-state index contributed by atoms with van der Waals surface area (Å²) in [5.74, 6) is -0.185. The second-order valence-corrected chi connectivity index (χ2v) is 4.94. The maximum atomic E-state index is 13.4. The van der Waals surface area contributed by atoms with Crippen LogP contribution >= 0.6 is 11.6 Å². The van der Waals surface area contributed by atoms with Gasteiger partial charge in [0, 0.05) is 22.7 Å². The first-order valence-corrected chi connectivity index (χ1v) is 5.66. The number of nitrogens with one attached hydrogen (secondary N) is 1.